The number of benzene rings is 4. The Kier molecular flexibility index (Phi) is 20.3. The highest BCUT2D eigenvalue weighted by molar-refractivity contribution is 5.96. The van der Waals surface area contributed by atoms with Gasteiger partial charge in [-0.1, -0.05) is 60.7 Å². The monoisotopic (exact) mass is 965 g/mol. The maximum atomic E-state index is 14.5. The summed E-state index contributed by atoms with van der Waals surface area (Å²) in [4.78, 5) is 65.0. The van der Waals surface area contributed by atoms with Crippen LogP contribution < -0.4 is 21.3 Å². The Morgan fingerprint density at radius 2 is 0.931 bits per heavy atom. The summed E-state index contributed by atoms with van der Waals surface area (Å²) >= 11 is 0. The lowest BCUT2D eigenvalue weighted by atomic mass is 9.88. The molecule has 0 spiro atoms. The van der Waals surface area contributed by atoms with Crippen molar-refractivity contribution in [3.05, 3.63) is 189 Å². The fourth-order valence-corrected chi connectivity index (χ4v) is 8.66. The number of hydrogen-bond acceptors (Lipinski definition) is 10. The number of aromatic nitrogens is 2. The molecule has 6 aromatic rings. The first-order valence-electron chi connectivity index (χ1n) is 24.5. The van der Waals surface area contributed by atoms with E-state index in [0.29, 0.717) is 125 Å². The van der Waals surface area contributed by atoms with Crippen LogP contribution in [0.25, 0.3) is 11.1 Å². The Labute approximate surface area is 423 Å². The van der Waals surface area contributed by atoms with Crippen molar-refractivity contribution in [3.8, 4) is 23.3 Å². The SMILES string of the molecule is CC(=O)NCCNCCN(CCc1cccc(C#N)c1)C(=O)c1cccnc1Cc1cccc(-c2cccc(Cc3ncccc3C(=O)N(CCNCCNC(C)=O)CCc3cccc(C#N)c3)c2C)c1C. The third kappa shape index (κ3) is 15.5. The maximum absolute atomic E-state index is 14.5. The van der Waals surface area contributed by atoms with E-state index in [1.165, 1.54) is 13.8 Å². The predicted octanol–water partition coefficient (Wildman–Crippen LogP) is 6.51. The van der Waals surface area contributed by atoms with Crippen molar-refractivity contribution >= 4 is 23.6 Å². The zero-order valence-electron chi connectivity index (χ0n) is 41.8. The molecule has 6 rings (SSSR count). The Morgan fingerprint density at radius 1 is 0.514 bits per heavy atom. The second-order valence-electron chi connectivity index (χ2n) is 17.7. The van der Waals surface area contributed by atoms with E-state index in [2.05, 4.69) is 71.5 Å². The highest BCUT2D eigenvalue weighted by Crippen LogP contribution is 2.32. The van der Waals surface area contributed by atoms with Gasteiger partial charge in [0.25, 0.3) is 11.8 Å². The summed E-state index contributed by atoms with van der Waals surface area (Å²) in [6, 6.07) is 39.0. The van der Waals surface area contributed by atoms with Crippen LogP contribution in [-0.2, 0) is 35.3 Å². The van der Waals surface area contributed by atoms with Gasteiger partial charge in [0.1, 0.15) is 0 Å². The van der Waals surface area contributed by atoms with Gasteiger partial charge >= 0.3 is 0 Å². The van der Waals surface area contributed by atoms with E-state index in [-0.39, 0.29) is 23.6 Å². The largest absolute Gasteiger partial charge is 0.355 e. The molecule has 0 aliphatic heterocycles. The second kappa shape index (κ2) is 27.4. The Balaban J connectivity index is 1.21. The third-order valence-electron chi connectivity index (χ3n) is 12.6. The van der Waals surface area contributed by atoms with E-state index < -0.39 is 0 Å². The molecule has 4 N–H and O–H groups in total. The summed E-state index contributed by atoms with van der Waals surface area (Å²) in [6.07, 6.45) is 5.44. The van der Waals surface area contributed by atoms with E-state index in [9.17, 15) is 29.7 Å². The number of nitriles is 2. The van der Waals surface area contributed by atoms with Gasteiger partial charge in [-0.25, -0.2) is 0 Å². The van der Waals surface area contributed by atoms with Crippen LogP contribution in [0.15, 0.2) is 122 Å². The standard InChI is InChI=1S/C58H64N10O4/c1-41-49(37-55-53(19-9-23-65-55)57(71)67(33-29-61-25-27-63-43(3)69)31-21-45-11-5-13-47(35-45)39-59)15-7-17-51(41)52-18-8-16-50(42(52)2)38-56-54(20-10-24-66-56)58(72)68(34-30-62-26-28-64-44(4)70)32-22-46-12-6-14-48(36-46)40-60/h5-20,23-24,35-36,61-62H,21-22,25-34,37-38H2,1-4H3,(H,63,69)(H,64,70). The van der Waals surface area contributed by atoms with Gasteiger partial charge in [-0.15, -0.1) is 0 Å². The summed E-state index contributed by atoms with van der Waals surface area (Å²) in [7, 11) is 0. The number of pyridine rings is 2. The molecule has 0 aliphatic rings. The predicted molar refractivity (Wildman–Crippen MR) is 280 cm³/mol. The molecule has 4 aromatic carbocycles. The van der Waals surface area contributed by atoms with E-state index in [1.54, 1.807) is 36.7 Å². The zero-order valence-corrected chi connectivity index (χ0v) is 41.8. The Hall–Kier alpha value is -8.04. The molecule has 0 fully saturated rings. The summed E-state index contributed by atoms with van der Waals surface area (Å²) in [5.74, 6) is -0.457. The Bertz CT molecular complexity index is 2730. The van der Waals surface area contributed by atoms with Crippen LogP contribution in [0, 0.1) is 36.5 Å². The second-order valence-corrected chi connectivity index (χ2v) is 17.7. The minimum atomic E-state index is -0.133. The maximum Gasteiger partial charge on any atom is 0.255 e. The van der Waals surface area contributed by atoms with Gasteiger partial charge in [-0.3, -0.25) is 29.1 Å². The van der Waals surface area contributed by atoms with E-state index >= 15 is 0 Å². The summed E-state index contributed by atoms with van der Waals surface area (Å²) in [6.45, 7) is 12.0. The fraction of sp³-hybridized carbons (Fsp3) is 0.310. The minimum absolute atomic E-state index is 0.0960. The highest BCUT2D eigenvalue weighted by atomic mass is 16.2. The average Bonchev–Trinajstić information content (AvgIpc) is 3.39. The molecular weight excluding hydrogens is 901 g/mol. The number of carbonyl (C=O) groups is 4. The highest BCUT2D eigenvalue weighted by Gasteiger charge is 2.23. The van der Waals surface area contributed by atoms with Crippen LogP contribution in [0.5, 0.6) is 0 Å². The van der Waals surface area contributed by atoms with Crippen molar-refractivity contribution in [2.45, 2.75) is 53.4 Å². The molecule has 0 saturated heterocycles. The lowest BCUT2D eigenvalue weighted by Gasteiger charge is -2.24. The van der Waals surface area contributed by atoms with Gasteiger partial charge in [0.2, 0.25) is 11.8 Å². The molecule has 2 heterocycles. The average molecular weight is 965 g/mol. The van der Waals surface area contributed by atoms with Gasteiger partial charge in [-0.2, -0.15) is 10.5 Å². The topological polar surface area (TPSA) is 196 Å². The van der Waals surface area contributed by atoms with Gasteiger partial charge in [0.05, 0.1) is 45.8 Å². The van der Waals surface area contributed by atoms with Crippen LogP contribution >= 0.6 is 0 Å². The zero-order chi connectivity index (χ0) is 51.2. The molecule has 370 valence electrons. The first-order valence-corrected chi connectivity index (χ1v) is 24.5. The van der Waals surface area contributed by atoms with Gasteiger partial charge in [0, 0.05) is 105 Å². The molecule has 14 nitrogen and oxygen atoms in total. The van der Waals surface area contributed by atoms with Crippen molar-refractivity contribution in [3.63, 3.8) is 0 Å². The van der Waals surface area contributed by atoms with Crippen molar-refractivity contribution < 1.29 is 19.2 Å². The van der Waals surface area contributed by atoms with Crippen LogP contribution in [0.1, 0.15) is 90.5 Å². The number of hydrogen-bond donors (Lipinski definition) is 4. The smallest absolute Gasteiger partial charge is 0.255 e. The summed E-state index contributed by atoms with van der Waals surface area (Å²) < 4.78 is 0. The van der Waals surface area contributed by atoms with Gasteiger partial charge in [-0.05, 0) is 120 Å². The van der Waals surface area contributed by atoms with E-state index in [1.807, 2.05) is 70.5 Å². The molecule has 72 heavy (non-hydrogen) atoms. The lowest BCUT2D eigenvalue weighted by Crippen LogP contribution is -2.40. The molecule has 14 heteroatoms. The van der Waals surface area contributed by atoms with Crippen molar-refractivity contribution in [1.82, 2.24) is 41.0 Å². The van der Waals surface area contributed by atoms with Gasteiger partial charge < -0.3 is 31.1 Å². The summed E-state index contributed by atoms with van der Waals surface area (Å²) in [5.41, 5.74) is 11.8. The molecule has 4 amide bonds. The number of nitrogens with zero attached hydrogens (tertiary/aromatic N) is 6. The van der Waals surface area contributed by atoms with Crippen LogP contribution in [0.3, 0.4) is 0 Å². The molecule has 0 saturated carbocycles. The van der Waals surface area contributed by atoms with Crippen molar-refractivity contribution in [2.75, 3.05) is 65.4 Å². The lowest BCUT2D eigenvalue weighted by molar-refractivity contribution is -0.119. The van der Waals surface area contributed by atoms with E-state index in [4.69, 9.17) is 9.97 Å². The number of rotatable bonds is 25. The van der Waals surface area contributed by atoms with Crippen molar-refractivity contribution in [2.24, 2.45) is 0 Å². The molecular formula is C58H64N10O4. The number of nitrogens with one attached hydrogen (secondary N) is 4. The number of amides is 4. The number of carbonyl (C=O) groups excluding carboxylic acids is 4. The van der Waals surface area contributed by atoms with Crippen LogP contribution in [0.2, 0.25) is 0 Å². The van der Waals surface area contributed by atoms with Crippen LogP contribution in [0.4, 0.5) is 0 Å². The summed E-state index contributed by atoms with van der Waals surface area (Å²) in [5, 5.41) is 31.2. The molecule has 0 bridgehead atoms. The molecule has 0 atom stereocenters. The molecule has 2 aromatic heterocycles. The third-order valence-corrected chi connectivity index (χ3v) is 12.6. The van der Waals surface area contributed by atoms with Crippen LogP contribution in [-0.4, -0.2) is 109 Å². The quantitative estimate of drug-likeness (QED) is 0.0460. The normalized spacial score (nSPS) is 10.8. The fourth-order valence-electron chi connectivity index (χ4n) is 8.66. The van der Waals surface area contributed by atoms with Gasteiger partial charge in [0.15, 0.2) is 0 Å². The Morgan fingerprint density at radius 3 is 1.33 bits per heavy atom. The minimum Gasteiger partial charge on any atom is -0.355 e. The first kappa shape index (κ1) is 53.3. The van der Waals surface area contributed by atoms with E-state index in [0.717, 1.165) is 44.5 Å². The van der Waals surface area contributed by atoms with Crippen molar-refractivity contribution in [1.29, 1.82) is 10.5 Å². The molecule has 0 radical (unpaired) electrons. The molecule has 0 aliphatic carbocycles. The first-order chi connectivity index (χ1) is 34.9. The molecule has 0 unspecified atom stereocenters.